The summed E-state index contributed by atoms with van der Waals surface area (Å²) < 4.78 is 0. The van der Waals surface area contributed by atoms with Crippen molar-refractivity contribution in [2.75, 3.05) is 24.3 Å². The summed E-state index contributed by atoms with van der Waals surface area (Å²) in [7, 11) is 0. The molecule has 1 heterocycles. The van der Waals surface area contributed by atoms with E-state index in [1.165, 1.54) is 6.07 Å². The Balaban J connectivity index is 2.77. The molecule has 0 unspecified atom stereocenters. The topological polar surface area (TPSA) is 111 Å². The van der Waals surface area contributed by atoms with Crippen LogP contribution < -0.4 is 11.1 Å². The molecular weight excluding hydrogens is 256 g/mol. The van der Waals surface area contributed by atoms with Crippen LogP contribution in [0.3, 0.4) is 0 Å². The molecule has 0 radical (unpaired) electrons. The number of hydrogen-bond acceptors (Lipinski definition) is 6. The van der Waals surface area contributed by atoms with Crippen LogP contribution in [0.2, 0.25) is 0 Å². The molecule has 0 aromatic carbocycles. The van der Waals surface area contributed by atoms with Gasteiger partial charge in [0, 0.05) is 6.54 Å². The van der Waals surface area contributed by atoms with Crippen molar-refractivity contribution in [2.45, 2.75) is 6.42 Å². The minimum absolute atomic E-state index is 0.0587. The molecule has 0 spiro atoms. The summed E-state index contributed by atoms with van der Waals surface area (Å²) >= 11 is 1.67. The van der Waals surface area contributed by atoms with Crippen molar-refractivity contribution in [2.24, 2.45) is 0 Å². The summed E-state index contributed by atoms with van der Waals surface area (Å²) in [6, 6.07) is 1.21. The molecule has 1 aromatic heterocycles. The molecule has 18 heavy (non-hydrogen) atoms. The number of anilines is 1. The molecule has 0 aliphatic carbocycles. The van der Waals surface area contributed by atoms with E-state index in [-0.39, 0.29) is 17.1 Å². The van der Waals surface area contributed by atoms with E-state index in [2.05, 4.69) is 10.3 Å². The average molecular weight is 270 g/mol. The van der Waals surface area contributed by atoms with Crippen molar-refractivity contribution in [1.29, 1.82) is 0 Å². The van der Waals surface area contributed by atoms with Gasteiger partial charge in [0.2, 0.25) is 0 Å². The Labute approximate surface area is 108 Å². The third-order valence-corrected chi connectivity index (χ3v) is 2.85. The first-order valence-electron chi connectivity index (χ1n) is 5.23. The maximum atomic E-state index is 11.8. The SMILES string of the molecule is CSCCCNC(=O)c1cc(N)ncc1[N+](=O)[O-]. The van der Waals surface area contributed by atoms with Crippen LogP contribution in [0.4, 0.5) is 11.5 Å². The zero-order valence-corrected chi connectivity index (χ0v) is 10.7. The number of rotatable bonds is 6. The maximum Gasteiger partial charge on any atom is 0.300 e. The van der Waals surface area contributed by atoms with E-state index in [4.69, 9.17) is 5.73 Å². The molecule has 0 fully saturated rings. The Morgan fingerprint density at radius 2 is 2.39 bits per heavy atom. The fraction of sp³-hybridized carbons (Fsp3) is 0.400. The van der Waals surface area contributed by atoms with E-state index in [1.807, 2.05) is 6.26 Å². The summed E-state index contributed by atoms with van der Waals surface area (Å²) in [4.78, 5) is 25.5. The molecule has 0 saturated heterocycles. The fourth-order valence-corrected chi connectivity index (χ4v) is 1.74. The van der Waals surface area contributed by atoms with Crippen LogP contribution in [0.5, 0.6) is 0 Å². The van der Waals surface area contributed by atoms with Crippen LogP contribution in [0.25, 0.3) is 0 Å². The lowest BCUT2D eigenvalue weighted by molar-refractivity contribution is -0.385. The number of pyridine rings is 1. The normalized spacial score (nSPS) is 10.1. The van der Waals surface area contributed by atoms with Gasteiger partial charge in [-0.1, -0.05) is 0 Å². The number of nitrogen functional groups attached to an aromatic ring is 1. The predicted octanol–water partition coefficient (Wildman–Crippen LogP) is 1.05. The number of nitrogens with zero attached hydrogens (tertiary/aromatic N) is 2. The summed E-state index contributed by atoms with van der Waals surface area (Å²) in [5.74, 6) is 0.493. The number of amides is 1. The molecule has 8 heteroatoms. The Morgan fingerprint density at radius 1 is 1.67 bits per heavy atom. The molecule has 0 atom stereocenters. The van der Waals surface area contributed by atoms with Crippen LogP contribution in [0.1, 0.15) is 16.8 Å². The van der Waals surface area contributed by atoms with Crippen LogP contribution in [-0.2, 0) is 0 Å². The molecule has 7 nitrogen and oxygen atoms in total. The van der Waals surface area contributed by atoms with E-state index in [9.17, 15) is 14.9 Å². The van der Waals surface area contributed by atoms with E-state index in [1.54, 1.807) is 11.8 Å². The second-order valence-corrected chi connectivity index (χ2v) is 4.47. The lowest BCUT2D eigenvalue weighted by Gasteiger charge is -2.05. The Morgan fingerprint density at radius 3 is 3.00 bits per heavy atom. The summed E-state index contributed by atoms with van der Waals surface area (Å²) in [6.07, 6.45) is 3.77. The predicted molar refractivity (Wildman–Crippen MR) is 70.6 cm³/mol. The van der Waals surface area contributed by atoms with E-state index < -0.39 is 10.8 Å². The van der Waals surface area contributed by atoms with Crippen molar-refractivity contribution in [3.05, 3.63) is 27.9 Å². The maximum absolute atomic E-state index is 11.8. The first-order chi connectivity index (χ1) is 8.56. The molecule has 1 aromatic rings. The zero-order valence-electron chi connectivity index (χ0n) is 9.88. The molecule has 1 amide bonds. The van der Waals surface area contributed by atoms with Gasteiger partial charge in [-0.2, -0.15) is 11.8 Å². The van der Waals surface area contributed by atoms with Gasteiger partial charge < -0.3 is 11.1 Å². The third-order valence-electron chi connectivity index (χ3n) is 2.16. The van der Waals surface area contributed by atoms with Crippen LogP contribution in [0, 0.1) is 10.1 Å². The number of carbonyl (C=O) groups is 1. The molecular formula is C10H14N4O3S. The monoisotopic (exact) mass is 270 g/mol. The van der Waals surface area contributed by atoms with Crippen molar-refractivity contribution in [3.8, 4) is 0 Å². The van der Waals surface area contributed by atoms with Crippen molar-refractivity contribution >= 4 is 29.2 Å². The van der Waals surface area contributed by atoms with E-state index in [0.29, 0.717) is 6.54 Å². The minimum atomic E-state index is -0.650. The van der Waals surface area contributed by atoms with Crippen LogP contribution in [0.15, 0.2) is 12.3 Å². The smallest absolute Gasteiger partial charge is 0.300 e. The highest BCUT2D eigenvalue weighted by Crippen LogP contribution is 2.18. The molecule has 0 bridgehead atoms. The molecule has 0 saturated carbocycles. The number of nitrogens with two attached hydrogens (primary N) is 1. The van der Waals surface area contributed by atoms with Crippen LogP contribution >= 0.6 is 11.8 Å². The lowest BCUT2D eigenvalue weighted by atomic mass is 10.2. The minimum Gasteiger partial charge on any atom is -0.384 e. The molecule has 1 rings (SSSR count). The number of aromatic nitrogens is 1. The van der Waals surface area contributed by atoms with Gasteiger partial charge in [0.1, 0.15) is 17.6 Å². The molecule has 98 valence electrons. The van der Waals surface area contributed by atoms with Crippen molar-refractivity contribution < 1.29 is 9.72 Å². The van der Waals surface area contributed by atoms with Gasteiger partial charge in [-0.15, -0.1) is 0 Å². The fourth-order valence-electron chi connectivity index (χ4n) is 1.31. The number of hydrogen-bond donors (Lipinski definition) is 2. The first kappa shape index (κ1) is 14.2. The van der Waals surface area contributed by atoms with Gasteiger partial charge in [0.15, 0.2) is 0 Å². The van der Waals surface area contributed by atoms with Crippen molar-refractivity contribution in [1.82, 2.24) is 10.3 Å². The summed E-state index contributed by atoms with van der Waals surface area (Å²) in [5.41, 5.74) is 5.02. The quantitative estimate of drug-likeness (QED) is 0.454. The highest BCUT2D eigenvalue weighted by Gasteiger charge is 2.20. The standard InChI is InChI=1S/C10H14N4O3S/c1-18-4-2-3-12-10(15)7-5-9(11)13-6-8(7)14(16)17/h5-6H,2-4H2,1H3,(H2,11,13)(H,12,15). The first-order valence-corrected chi connectivity index (χ1v) is 6.62. The van der Waals surface area contributed by atoms with Gasteiger partial charge in [-0.3, -0.25) is 14.9 Å². The van der Waals surface area contributed by atoms with Crippen LogP contribution in [-0.4, -0.2) is 34.4 Å². The second-order valence-electron chi connectivity index (χ2n) is 3.49. The Kier molecular flexibility index (Phi) is 5.37. The number of carbonyl (C=O) groups excluding carboxylic acids is 1. The lowest BCUT2D eigenvalue weighted by Crippen LogP contribution is -2.25. The van der Waals surface area contributed by atoms with Crippen molar-refractivity contribution in [3.63, 3.8) is 0 Å². The van der Waals surface area contributed by atoms with Gasteiger partial charge >= 0.3 is 0 Å². The Hall–Kier alpha value is -1.83. The Bertz CT molecular complexity index is 453. The zero-order chi connectivity index (χ0) is 13.5. The highest BCUT2D eigenvalue weighted by atomic mass is 32.2. The largest absolute Gasteiger partial charge is 0.384 e. The van der Waals surface area contributed by atoms with Gasteiger partial charge in [-0.05, 0) is 24.5 Å². The number of nitro groups is 1. The summed E-state index contributed by atoms with van der Waals surface area (Å²) in [6.45, 7) is 0.471. The van der Waals surface area contributed by atoms with E-state index >= 15 is 0 Å². The van der Waals surface area contributed by atoms with Gasteiger partial charge in [0.25, 0.3) is 11.6 Å². The third kappa shape index (κ3) is 3.88. The molecule has 0 aliphatic heterocycles. The number of thioether (sulfide) groups is 1. The molecule has 3 N–H and O–H groups in total. The second kappa shape index (κ2) is 6.80. The van der Waals surface area contributed by atoms with Gasteiger partial charge in [-0.25, -0.2) is 4.98 Å². The average Bonchev–Trinajstić information content (AvgIpc) is 2.34. The number of nitrogens with one attached hydrogen (secondary N) is 1. The summed E-state index contributed by atoms with van der Waals surface area (Å²) in [5, 5.41) is 13.4. The highest BCUT2D eigenvalue weighted by molar-refractivity contribution is 7.98. The van der Waals surface area contributed by atoms with Gasteiger partial charge in [0.05, 0.1) is 4.92 Å². The van der Waals surface area contributed by atoms with E-state index in [0.717, 1.165) is 18.4 Å². The molecule has 0 aliphatic rings.